The lowest BCUT2D eigenvalue weighted by molar-refractivity contribution is -0.150. The molecular formula is C4H6F2O2. The molecule has 2 nitrogen and oxygen atoms in total. The highest BCUT2D eigenvalue weighted by atomic mass is 19.2. The van der Waals surface area contributed by atoms with Gasteiger partial charge in [0.25, 0.3) is 0 Å². The van der Waals surface area contributed by atoms with Gasteiger partial charge in [0.2, 0.25) is 5.67 Å². The molecule has 1 atom stereocenters. The van der Waals surface area contributed by atoms with E-state index in [-0.39, 0.29) is 0 Å². The molecule has 0 heterocycles. The lowest BCUT2D eigenvalue weighted by Crippen LogP contribution is -2.31. The van der Waals surface area contributed by atoms with Crippen molar-refractivity contribution in [3.05, 3.63) is 0 Å². The van der Waals surface area contributed by atoms with Gasteiger partial charge in [-0.2, -0.15) is 0 Å². The zero-order valence-electron chi connectivity index (χ0n) is 4.32. The first-order chi connectivity index (χ1) is 3.50. The van der Waals surface area contributed by atoms with Crippen LogP contribution in [0.2, 0.25) is 0 Å². The van der Waals surface area contributed by atoms with Gasteiger partial charge in [-0.3, -0.25) is 0 Å². The maximum Gasteiger partial charge on any atom is 0.343 e. The van der Waals surface area contributed by atoms with Gasteiger partial charge in [-0.25, -0.2) is 13.6 Å². The summed E-state index contributed by atoms with van der Waals surface area (Å²) in [6, 6.07) is 0. The van der Waals surface area contributed by atoms with Crippen molar-refractivity contribution in [1.82, 2.24) is 0 Å². The third-order valence-corrected chi connectivity index (χ3v) is 0.697. The molecule has 0 aliphatic rings. The van der Waals surface area contributed by atoms with Gasteiger partial charge in [-0.05, 0) is 6.92 Å². The maximum absolute atomic E-state index is 12.0. The molecule has 0 aromatic heterocycles. The standard InChI is InChI=1S/C4H6F2O2/c1-4(6,2-5)3(7)8/h2H2,1H3,(H,7,8)/t4-/m0/s1. The molecule has 0 aromatic rings. The van der Waals surface area contributed by atoms with E-state index in [4.69, 9.17) is 5.11 Å². The van der Waals surface area contributed by atoms with Gasteiger partial charge in [0, 0.05) is 0 Å². The van der Waals surface area contributed by atoms with Crippen LogP contribution in [0.25, 0.3) is 0 Å². The SMILES string of the molecule is C[C@](F)(CF)C(=O)O. The summed E-state index contributed by atoms with van der Waals surface area (Å²) in [6.45, 7) is -0.808. The predicted molar refractivity (Wildman–Crippen MR) is 23.1 cm³/mol. The number of carboxylic acid groups (broad SMARTS) is 1. The Hall–Kier alpha value is -0.670. The fourth-order valence-corrected chi connectivity index (χ4v) is 0.0572. The largest absolute Gasteiger partial charge is 0.479 e. The van der Waals surface area contributed by atoms with E-state index >= 15 is 0 Å². The van der Waals surface area contributed by atoms with Crippen LogP contribution in [0.4, 0.5) is 8.78 Å². The Kier molecular flexibility index (Phi) is 1.89. The minimum Gasteiger partial charge on any atom is -0.479 e. The Morgan fingerprint density at radius 1 is 1.88 bits per heavy atom. The molecule has 0 rings (SSSR count). The summed E-state index contributed by atoms with van der Waals surface area (Å²) in [6.07, 6.45) is 0. The van der Waals surface area contributed by atoms with Gasteiger partial charge in [0.1, 0.15) is 6.67 Å². The zero-order valence-corrected chi connectivity index (χ0v) is 4.32. The Morgan fingerprint density at radius 3 is 2.25 bits per heavy atom. The van der Waals surface area contributed by atoms with Crippen molar-refractivity contribution in [2.75, 3.05) is 6.67 Å². The number of carbonyl (C=O) groups is 1. The average molecular weight is 124 g/mol. The Morgan fingerprint density at radius 2 is 2.25 bits per heavy atom. The average Bonchev–Trinajstić information content (AvgIpc) is 1.67. The molecule has 4 heteroatoms. The summed E-state index contributed by atoms with van der Waals surface area (Å²) in [5.41, 5.74) is -2.71. The summed E-state index contributed by atoms with van der Waals surface area (Å²) < 4.78 is 23.2. The van der Waals surface area contributed by atoms with Crippen LogP contribution in [0.3, 0.4) is 0 Å². The smallest absolute Gasteiger partial charge is 0.343 e. The molecule has 0 spiro atoms. The minimum atomic E-state index is -2.71. The summed E-state index contributed by atoms with van der Waals surface area (Å²) in [5, 5.41) is 7.83. The molecule has 0 aliphatic carbocycles. The third-order valence-electron chi connectivity index (χ3n) is 0.697. The van der Waals surface area contributed by atoms with Gasteiger partial charge in [-0.1, -0.05) is 0 Å². The lowest BCUT2D eigenvalue weighted by Gasteiger charge is -2.07. The normalized spacial score (nSPS) is 17.4. The van der Waals surface area contributed by atoms with Crippen molar-refractivity contribution in [2.45, 2.75) is 12.6 Å². The molecule has 0 saturated carbocycles. The highest BCUT2D eigenvalue weighted by Gasteiger charge is 2.32. The first kappa shape index (κ1) is 7.33. The van der Waals surface area contributed by atoms with Gasteiger partial charge in [-0.15, -0.1) is 0 Å². The zero-order chi connectivity index (χ0) is 6.78. The first-order valence-corrected chi connectivity index (χ1v) is 1.99. The molecule has 0 saturated heterocycles. The second-order valence-corrected chi connectivity index (χ2v) is 1.64. The molecule has 0 aliphatic heterocycles. The fourth-order valence-electron chi connectivity index (χ4n) is 0.0572. The monoisotopic (exact) mass is 124 g/mol. The van der Waals surface area contributed by atoms with Crippen molar-refractivity contribution in [3.8, 4) is 0 Å². The molecule has 8 heavy (non-hydrogen) atoms. The third kappa shape index (κ3) is 1.44. The molecular weight excluding hydrogens is 118 g/mol. The van der Waals surface area contributed by atoms with E-state index in [0.717, 1.165) is 0 Å². The summed E-state index contributed by atoms with van der Waals surface area (Å²) >= 11 is 0. The minimum absolute atomic E-state index is 0.676. The maximum atomic E-state index is 12.0. The number of carboxylic acids is 1. The molecule has 1 N–H and O–H groups in total. The molecule has 0 fully saturated rings. The summed E-state index contributed by atoms with van der Waals surface area (Å²) in [4.78, 5) is 9.64. The van der Waals surface area contributed by atoms with Gasteiger partial charge in [0.15, 0.2) is 0 Å². The number of rotatable bonds is 2. The van der Waals surface area contributed by atoms with E-state index < -0.39 is 18.3 Å². The second-order valence-electron chi connectivity index (χ2n) is 1.64. The molecule has 0 bridgehead atoms. The molecule has 0 aromatic carbocycles. The van der Waals surface area contributed by atoms with Gasteiger partial charge in [0.05, 0.1) is 0 Å². The number of alkyl halides is 2. The fraction of sp³-hybridized carbons (Fsp3) is 0.750. The van der Waals surface area contributed by atoms with E-state index in [9.17, 15) is 13.6 Å². The van der Waals surface area contributed by atoms with Crippen LogP contribution < -0.4 is 0 Å². The van der Waals surface area contributed by atoms with E-state index in [1.165, 1.54) is 0 Å². The van der Waals surface area contributed by atoms with E-state index in [1.807, 2.05) is 0 Å². The highest BCUT2D eigenvalue weighted by Crippen LogP contribution is 2.09. The predicted octanol–water partition coefficient (Wildman–Crippen LogP) is 0.769. The Bertz CT molecular complexity index is 100. The lowest BCUT2D eigenvalue weighted by atomic mass is 10.2. The van der Waals surface area contributed by atoms with E-state index in [0.29, 0.717) is 6.92 Å². The molecule has 0 unspecified atom stereocenters. The van der Waals surface area contributed by atoms with E-state index in [2.05, 4.69) is 0 Å². The van der Waals surface area contributed by atoms with Crippen LogP contribution in [-0.4, -0.2) is 23.4 Å². The van der Waals surface area contributed by atoms with Crippen LogP contribution in [0.15, 0.2) is 0 Å². The quantitative estimate of drug-likeness (QED) is 0.590. The topological polar surface area (TPSA) is 37.3 Å². The van der Waals surface area contributed by atoms with Crippen molar-refractivity contribution < 1.29 is 18.7 Å². The van der Waals surface area contributed by atoms with Crippen LogP contribution in [0.5, 0.6) is 0 Å². The number of aliphatic carboxylic acids is 1. The van der Waals surface area contributed by atoms with Crippen LogP contribution >= 0.6 is 0 Å². The number of hydrogen-bond donors (Lipinski definition) is 1. The Balaban J connectivity index is 3.91. The summed E-state index contributed by atoms with van der Waals surface area (Å²) in [7, 11) is 0. The highest BCUT2D eigenvalue weighted by molar-refractivity contribution is 5.76. The number of hydrogen-bond acceptors (Lipinski definition) is 1. The van der Waals surface area contributed by atoms with Crippen molar-refractivity contribution in [2.24, 2.45) is 0 Å². The van der Waals surface area contributed by atoms with Crippen LogP contribution in [0, 0.1) is 0 Å². The Labute approximate surface area is 45.1 Å². The van der Waals surface area contributed by atoms with Crippen LogP contribution in [0.1, 0.15) is 6.92 Å². The molecule has 48 valence electrons. The van der Waals surface area contributed by atoms with E-state index in [1.54, 1.807) is 0 Å². The van der Waals surface area contributed by atoms with Crippen molar-refractivity contribution in [3.63, 3.8) is 0 Å². The van der Waals surface area contributed by atoms with Gasteiger partial charge < -0.3 is 5.11 Å². The molecule has 0 radical (unpaired) electrons. The summed E-state index contributed by atoms with van der Waals surface area (Å²) in [5.74, 6) is -1.76. The second kappa shape index (κ2) is 2.07. The number of halogens is 2. The van der Waals surface area contributed by atoms with Gasteiger partial charge >= 0.3 is 5.97 Å². The van der Waals surface area contributed by atoms with Crippen LogP contribution in [-0.2, 0) is 4.79 Å². The first-order valence-electron chi connectivity index (χ1n) is 1.99. The van der Waals surface area contributed by atoms with Crippen molar-refractivity contribution in [1.29, 1.82) is 0 Å². The van der Waals surface area contributed by atoms with Crippen molar-refractivity contribution >= 4 is 5.97 Å². The molecule has 0 amide bonds.